The molecule has 0 aromatic heterocycles. The minimum atomic E-state index is -0.503. The Labute approximate surface area is 115 Å². The molecular weight excluding hydrogens is 248 g/mol. The Balaban J connectivity index is 4.06. The molecule has 0 fully saturated rings. The van der Waals surface area contributed by atoms with Gasteiger partial charge < -0.3 is 19.7 Å². The van der Waals surface area contributed by atoms with Crippen LogP contribution in [0.4, 0.5) is 4.79 Å². The number of hydrogen-bond acceptors (Lipinski definition) is 5. The highest BCUT2D eigenvalue weighted by atomic mass is 16.6. The van der Waals surface area contributed by atoms with E-state index in [4.69, 9.17) is 4.74 Å². The number of ether oxygens (including phenoxy) is 2. The number of methoxy groups -OCH3 is 1. The Kier molecular flexibility index (Phi) is 7.44. The van der Waals surface area contributed by atoms with E-state index < -0.39 is 5.60 Å². The summed E-state index contributed by atoms with van der Waals surface area (Å²) in [6, 6.07) is -0.336. The van der Waals surface area contributed by atoms with Crippen LogP contribution in [0.25, 0.3) is 0 Å². The molecule has 6 heteroatoms. The Morgan fingerprint density at radius 1 is 1.32 bits per heavy atom. The quantitative estimate of drug-likeness (QED) is 0.741. The van der Waals surface area contributed by atoms with Crippen LogP contribution in [0.3, 0.4) is 0 Å². The highest BCUT2D eigenvalue weighted by Crippen LogP contribution is 2.08. The summed E-state index contributed by atoms with van der Waals surface area (Å²) in [5.74, 6) is -0.289. The third-order valence-corrected chi connectivity index (χ3v) is 2.44. The number of rotatable bonds is 6. The van der Waals surface area contributed by atoms with E-state index in [0.717, 1.165) is 0 Å². The van der Waals surface area contributed by atoms with E-state index in [9.17, 15) is 9.59 Å². The molecule has 6 nitrogen and oxygen atoms in total. The first-order chi connectivity index (χ1) is 8.71. The summed E-state index contributed by atoms with van der Waals surface area (Å²) < 4.78 is 9.89. The lowest BCUT2D eigenvalue weighted by Crippen LogP contribution is -2.43. The molecule has 0 spiro atoms. The summed E-state index contributed by atoms with van der Waals surface area (Å²) in [6.07, 6.45) is 0.267. The lowest BCUT2D eigenvalue weighted by Gasteiger charge is -2.25. The first-order valence-corrected chi connectivity index (χ1v) is 6.46. The predicted molar refractivity (Wildman–Crippen MR) is 73.0 cm³/mol. The van der Waals surface area contributed by atoms with E-state index in [-0.39, 0.29) is 18.1 Å². The van der Waals surface area contributed by atoms with Gasteiger partial charge in [0.15, 0.2) is 0 Å². The normalized spacial score (nSPS) is 12.7. The summed E-state index contributed by atoms with van der Waals surface area (Å²) >= 11 is 0. The van der Waals surface area contributed by atoms with Gasteiger partial charge in [-0.25, -0.2) is 4.79 Å². The molecule has 0 bridgehead atoms. The van der Waals surface area contributed by atoms with Gasteiger partial charge in [0.1, 0.15) is 11.6 Å². The molecule has 1 amide bonds. The molecular formula is C13H26N2O4. The lowest BCUT2D eigenvalue weighted by atomic mass is 10.2. The Hall–Kier alpha value is -1.30. The smallest absolute Gasteiger partial charge is 0.410 e. The van der Waals surface area contributed by atoms with Gasteiger partial charge in [0.25, 0.3) is 0 Å². The molecule has 0 aliphatic rings. The van der Waals surface area contributed by atoms with Crippen molar-refractivity contribution in [1.29, 1.82) is 0 Å². The van der Waals surface area contributed by atoms with Crippen LogP contribution in [0.5, 0.6) is 0 Å². The molecule has 0 rings (SSSR count). The molecule has 0 aromatic carbocycles. The summed E-state index contributed by atoms with van der Waals surface area (Å²) in [5, 5.41) is 3.04. The van der Waals surface area contributed by atoms with Crippen molar-refractivity contribution in [2.75, 3.05) is 27.2 Å². The number of carbonyl (C=O) groups is 2. The topological polar surface area (TPSA) is 67.9 Å². The number of esters is 1. The summed E-state index contributed by atoms with van der Waals surface area (Å²) in [5.41, 5.74) is -0.503. The summed E-state index contributed by atoms with van der Waals surface area (Å²) in [7, 11) is 3.02. The van der Waals surface area contributed by atoms with Gasteiger partial charge in [-0.05, 0) is 27.2 Å². The lowest BCUT2D eigenvalue weighted by molar-refractivity contribution is -0.143. The molecule has 0 aliphatic heterocycles. The number of likely N-dealkylation sites (N-methyl/N-ethyl adjacent to an activating group) is 1. The minimum absolute atomic E-state index is 0.289. The first kappa shape index (κ1) is 17.7. The zero-order valence-corrected chi connectivity index (χ0v) is 12.8. The van der Waals surface area contributed by atoms with Crippen molar-refractivity contribution < 1.29 is 19.1 Å². The maximum atomic E-state index is 11.7. The largest absolute Gasteiger partial charge is 0.468 e. The van der Waals surface area contributed by atoms with Crippen LogP contribution in [-0.2, 0) is 14.3 Å². The molecule has 1 unspecified atom stereocenters. The second-order valence-corrected chi connectivity index (χ2v) is 5.34. The van der Waals surface area contributed by atoms with Crippen molar-refractivity contribution in [2.24, 2.45) is 0 Å². The van der Waals surface area contributed by atoms with Crippen molar-refractivity contribution >= 4 is 12.1 Å². The van der Waals surface area contributed by atoms with E-state index in [1.807, 2.05) is 27.7 Å². The Morgan fingerprint density at radius 3 is 2.32 bits per heavy atom. The van der Waals surface area contributed by atoms with Crippen LogP contribution in [0.1, 0.15) is 34.1 Å². The van der Waals surface area contributed by atoms with Crippen LogP contribution < -0.4 is 5.32 Å². The second-order valence-electron chi connectivity index (χ2n) is 5.34. The van der Waals surface area contributed by atoms with Gasteiger partial charge in [-0.1, -0.05) is 6.92 Å². The standard InChI is InChI=1S/C13H26N2O4/c1-7-10(11(16)18-6)14-8-9-15(5)12(17)19-13(2,3)4/h10,14H,7-9H2,1-6H3. The van der Waals surface area contributed by atoms with Crippen molar-refractivity contribution in [1.82, 2.24) is 10.2 Å². The van der Waals surface area contributed by atoms with Crippen LogP contribution in [0, 0.1) is 0 Å². The van der Waals surface area contributed by atoms with Gasteiger partial charge in [-0.3, -0.25) is 4.79 Å². The highest BCUT2D eigenvalue weighted by molar-refractivity contribution is 5.75. The number of carbonyl (C=O) groups excluding carboxylic acids is 2. The highest BCUT2D eigenvalue weighted by Gasteiger charge is 2.20. The van der Waals surface area contributed by atoms with Crippen LogP contribution >= 0.6 is 0 Å². The Morgan fingerprint density at radius 2 is 1.89 bits per heavy atom. The molecule has 1 N–H and O–H groups in total. The molecule has 0 aliphatic carbocycles. The first-order valence-electron chi connectivity index (χ1n) is 6.46. The number of nitrogens with one attached hydrogen (secondary N) is 1. The van der Waals surface area contributed by atoms with E-state index in [2.05, 4.69) is 10.1 Å². The fourth-order valence-electron chi connectivity index (χ4n) is 1.37. The fourth-order valence-corrected chi connectivity index (χ4v) is 1.37. The molecule has 19 heavy (non-hydrogen) atoms. The molecule has 1 atom stereocenters. The third-order valence-electron chi connectivity index (χ3n) is 2.44. The van der Waals surface area contributed by atoms with Gasteiger partial charge in [0.05, 0.1) is 7.11 Å². The molecule has 112 valence electrons. The molecule has 0 saturated heterocycles. The number of amides is 1. The molecule has 0 aromatic rings. The number of nitrogens with zero attached hydrogens (tertiary/aromatic N) is 1. The van der Waals surface area contributed by atoms with Crippen LogP contribution in [0.15, 0.2) is 0 Å². The predicted octanol–water partition coefficient (Wildman–Crippen LogP) is 1.39. The third kappa shape index (κ3) is 7.66. The van der Waals surface area contributed by atoms with Gasteiger partial charge in [-0.2, -0.15) is 0 Å². The van der Waals surface area contributed by atoms with Crippen LogP contribution in [0.2, 0.25) is 0 Å². The maximum Gasteiger partial charge on any atom is 0.410 e. The van der Waals surface area contributed by atoms with E-state index in [0.29, 0.717) is 19.5 Å². The average molecular weight is 274 g/mol. The zero-order chi connectivity index (χ0) is 15.1. The van der Waals surface area contributed by atoms with Crippen LogP contribution in [-0.4, -0.2) is 55.9 Å². The molecule has 0 radical (unpaired) electrons. The number of hydrogen-bond donors (Lipinski definition) is 1. The molecule has 0 saturated carbocycles. The average Bonchev–Trinajstić information content (AvgIpc) is 2.31. The van der Waals surface area contributed by atoms with E-state index in [1.54, 1.807) is 7.05 Å². The maximum absolute atomic E-state index is 11.7. The van der Waals surface area contributed by atoms with E-state index in [1.165, 1.54) is 12.0 Å². The zero-order valence-electron chi connectivity index (χ0n) is 12.8. The monoisotopic (exact) mass is 274 g/mol. The van der Waals surface area contributed by atoms with Gasteiger partial charge >= 0.3 is 12.1 Å². The minimum Gasteiger partial charge on any atom is -0.468 e. The van der Waals surface area contributed by atoms with Gasteiger partial charge in [0, 0.05) is 20.1 Å². The fraction of sp³-hybridized carbons (Fsp3) is 0.846. The Bertz CT molecular complexity index is 300. The van der Waals surface area contributed by atoms with Gasteiger partial charge in [-0.15, -0.1) is 0 Å². The van der Waals surface area contributed by atoms with Crippen molar-refractivity contribution in [3.05, 3.63) is 0 Å². The SMILES string of the molecule is CCC(NCCN(C)C(=O)OC(C)(C)C)C(=O)OC. The van der Waals surface area contributed by atoms with E-state index >= 15 is 0 Å². The van der Waals surface area contributed by atoms with Crippen molar-refractivity contribution in [3.63, 3.8) is 0 Å². The summed E-state index contributed by atoms with van der Waals surface area (Å²) in [6.45, 7) is 8.32. The van der Waals surface area contributed by atoms with Gasteiger partial charge in [0.2, 0.25) is 0 Å². The van der Waals surface area contributed by atoms with Crippen molar-refractivity contribution in [3.8, 4) is 0 Å². The second kappa shape index (κ2) is 7.99. The summed E-state index contributed by atoms with van der Waals surface area (Å²) in [4.78, 5) is 24.5. The molecule has 0 heterocycles. The van der Waals surface area contributed by atoms with Crippen molar-refractivity contribution in [2.45, 2.75) is 45.8 Å².